The number of aromatic nitrogens is 3. The van der Waals surface area contributed by atoms with Gasteiger partial charge in [-0.3, -0.25) is 4.79 Å². The molecule has 0 radical (unpaired) electrons. The van der Waals surface area contributed by atoms with Gasteiger partial charge in [0.25, 0.3) is 5.91 Å². The van der Waals surface area contributed by atoms with Gasteiger partial charge < -0.3 is 19.2 Å². The number of rotatable bonds is 7. The van der Waals surface area contributed by atoms with Crippen molar-refractivity contribution in [2.24, 2.45) is 0 Å². The zero-order chi connectivity index (χ0) is 21.8. The van der Waals surface area contributed by atoms with Gasteiger partial charge >= 0.3 is 0 Å². The van der Waals surface area contributed by atoms with Crippen LogP contribution in [0.25, 0.3) is 5.65 Å². The molecule has 1 saturated heterocycles. The van der Waals surface area contributed by atoms with E-state index in [4.69, 9.17) is 14.5 Å². The maximum absolute atomic E-state index is 13.6. The monoisotopic (exact) mass is 430 g/mol. The average Bonchev–Trinajstić information content (AvgIpc) is 3.22. The van der Waals surface area contributed by atoms with Crippen LogP contribution in [0.2, 0.25) is 0 Å². The molecule has 4 heterocycles. The zero-order valence-corrected chi connectivity index (χ0v) is 17.2. The summed E-state index contributed by atoms with van der Waals surface area (Å²) in [6.07, 6.45) is 3.66. The van der Waals surface area contributed by atoms with E-state index in [1.807, 2.05) is 17.5 Å². The molecule has 1 fully saturated rings. The SMILES string of the molecule is CCOc1cc2nc(C3CCOCC3)cn2cc1NC(=O)c1cccc(C(F)CF)n1. The lowest BCUT2D eigenvalue weighted by atomic mass is 9.97. The summed E-state index contributed by atoms with van der Waals surface area (Å²) >= 11 is 0. The molecule has 164 valence electrons. The van der Waals surface area contributed by atoms with Crippen LogP contribution in [0.3, 0.4) is 0 Å². The Kier molecular flexibility index (Phi) is 6.41. The molecule has 0 aliphatic carbocycles. The highest BCUT2D eigenvalue weighted by Gasteiger charge is 2.21. The van der Waals surface area contributed by atoms with Crippen LogP contribution < -0.4 is 10.1 Å². The molecule has 1 unspecified atom stereocenters. The number of hydrogen-bond acceptors (Lipinski definition) is 5. The van der Waals surface area contributed by atoms with Gasteiger partial charge in [0.15, 0.2) is 6.17 Å². The molecule has 3 aromatic rings. The third-order valence-corrected chi connectivity index (χ3v) is 5.22. The maximum Gasteiger partial charge on any atom is 0.274 e. The van der Waals surface area contributed by atoms with Crippen molar-refractivity contribution < 1.29 is 23.0 Å². The molecule has 1 atom stereocenters. The van der Waals surface area contributed by atoms with Crippen molar-refractivity contribution in [3.63, 3.8) is 0 Å². The van der Waals surface area contributed by atoms with Crippen LogP contribution in [-0.2, 0) is 4.74 Å². The Balaban J connectivity index is 1.62. The fraction of sp³-hybridized carbons (Fsp3) is 0.409. The van der Waals surface area contributed by atoms with Gasteiger partial charge in [-0.05, 0) is 31.9 Å². The molecular formula is C22H24F2N4O3. The molecule has 0 saturated carbocycles. The molecule has 3 aromatic heterocycles. The van der Waals surface area contributed by atoms with Crippen LogP contribution in [0.5, 0.6) is 5.75 Å². The van der Waals surface area contributed by atoms with Crippen molar-refractivity contribution in [2.75, 3.05) is 31.8 Å². The predicted molar refractivity (Wildman–Crippen MR) is 111 cm³/mol. The second kappa shape index (κ2) is 9.38. The summed E-state index contributed by atoms with van der Waals surface area (Å²) in [7, 11) is 0. The highest BCUT2D eigenvalue weighted by atomic mass is 19.2. The third-order valence-electron chi connectivity index (χ3n) is 5.22. The van der Waals surface area contributed by atoms with E-state index in [1.54, 1.807) is 12.3 Å². The molecule has 0 spiro atoms. The van der Waals surface area contributed by atoms with E-state index < -0.39 is 18.8 Å². The summed E-state index contributed by atoms with van der Waals surface area (Å²) in [4.78, 5) is 21.4. The number of amides is 1. The van der Waals surface area contributed by atoms with Crippen LogP contribution >= 0.6 is 0 Å². The number of carbonyl (C=O) groups is 1. The Morgan fingerprint density at radius 2 is 2.13 bits per heavy atom. The van der Waals surface area contributed by atoms with E-state index in [2.05, 4.69) is 10.3 Å². The van der Waals surface area contributed by atoms with Crippen molar-refractivity contribution >= 4 is 17.2 Å². The van der Waals surface area contributed by atoms with Crippen LogP contribution in [0.1, 0.15) is 53.7 Å². The number of carbonyl (C=O) groups excluding carboxylic acids is 1. The van der Waals surface area contributed by atoms with E-state index in [-0.39, 0.29) is 11.4 Å². The molecular weight excluding hydrogens is 406 g/mol. The number of pyridine rings is 2. The summed E-state index contributed by atoms with van der Waals surface area (Å²) in [6, 6.07) is 6.04. The second-order valence-electron chi connectivity index (χ2n) is 7.33. The van der Waals surface area contributed by atoms with Gasteiger partial charge in [-0.1, -0.05) is 6.07 Å². The number of nitrogens with zero attached hydrogens (tertiary/aromatic N) is 3. The smallest absolute Gasteiger partial charge is 0.274 e. The summed E-state index contributed by atoms with van der Waals surface area (Å²) in [6.45, 7) is 2.49. The van der Waals surface area contributed by atoms with Gasteiger partial charge in [-0.15, -0.1) is 0 Å². The normalized spacial score (nSPS) is 15.7. The Morgan fingerprint density at radius 1 is 1.32 bits per heavy atom. The minimum Gasteiger partial charge on any atom is -0.491 e. The van der Waals surface area contributed by atoms with E-state index in [1.165, 1.54) is 18.2 Å². The lowest BCUT2D eigenvalue weighted by molar-refractivity contribution is 0.0846. The zero-order valence-electron chi connectivity index (χ0n) is 17.2. The molecule has 0 aromatic carbocycles. The number of halogens is 2. The highest BCUT2D eigenvalue weighted by Crippen LogP contribution is 2.31. The van der Waals surface area contributed by atoms with Crippen LogP contribution in [-0.4, -0.2) is 46.8 Å². The largest absolute Gasteiger partial charge is 0.491 e. The molecule has 1 aliphatic rings. The van der Waals surface area contributed by atoms with Gasteiger partial charge in [0.2, 0.25) is 0 Å². The summed E-state index contributed by atoms with van der Waals surface area (Å²) < 4.78 is 39.2. The first-order chi connectivity index (χ1) is 15.1. The number of imidazole rings is 1. The fourth-order valence-corrected chi connectivity index (χ4v) is 3.61. The van der Waals surface area contributed by atoms with E-state index >= 15 is 0 Å². The first-order valence-electron chi connectivity index (χ1n) is 10.3. The Hall–Kier alpha value is -3.07. The van der Waals surface area contributed by atoms with Gasteiger partial charge in [-0.25, -0.2) is 18.7 Å². The second-order valence-corrected chi connectivity index (χ2v) is 7.33. The number of nitrogens with one attached hydrogen (secondary N) is 1. The number of alkyl halides is 2. The van der Waals surface area contributed by atoms with Gasteiger partial charge in [0, 0.05) is 37.6 Å². The first kappa shape index (κ1) is 21.2. The molecule has 0 bridgehead atoms. The maximum atomic E-state index is 13.6. The van der Waals surface area contributed by atoms with Crippen molar-refractivity contribution in [1.29, 1.82) is 0 Å². The van der Waals surface area contributed by atoms with E-state index in [0.717, 1.165) is 31.7 Å². The average molecular weight is 430 g/mol. The Morgan fingerprint density at radius 3 is 2.87 bits per heavy atom. The molecule has 7 nitrogen and oxygen atoms in total. The van der Waals surface area contributed by atoms with Gasteiger partial charge in [0.1, 0.15) is 29.5 Å². The van der Waals surface area contributed by atoms with Crippen LogP contribution in [0.4, 0.5) is 14.5 Å². The fourth-order valence-electron chi connectivity index (χ4n) is 3.61. The van der Waals surface area contributed by atoms with Crippen molar-refractivity contribution in [2.45, 2.75) is 31.9 Å². The topological polar surface area (TPSA) is 77.8 Å². The number of ether oxygens (including phenoxy) is 2. The predicted octanol–water partition coefficient (Wildman–Crippen LogP) is 4.25. The van der Waals surface area contributed by atoms with Crippen molar-refractivity contribution in [3.05, 3.63) is 53.7 Å². The number of anilines is 1. The summed E-state index contributed by atoms with van der Waals surface area (Å²) in [5.41, 5.74) is 2.00. The Bertz CT molecular complexity index is 1070. The summed E-state index contributed by atoms with van der Waals surface area (Å²) in [5, 5.41) is 2.77. The lowest BCUT2D eigenvalue weighted by Crippen LogP contribution is -2.16. The van der Waals surface area contributed by atoms with Crippen molar-refractivity contribution in [3.8, 4) is 5.75 Å². The minimum absolute atomic E-state index is 0.00956. The molecule has 1 amide bonds. The van der Waals surface area contributed by atoms with E-state index in [0.29, 0.717) is 29.6 Å². The van der Waals surface area contributed by atoms with Crippen LogP contribution in [0, 0.1) is 0 Å². The molecule has 31 heavy (non-hydrogen) atoms. The molecule has 1 N–H and O–H groups in total. The quantitative estimate of drug-likeness (QED) is 0.606. The van der Waals surface area contributed by atoms with Gasteiger partial charge in [-0.2, -0.15) is 0 Å². The first-order valence-corrected chi connectivity index (χ1v) is 10.3. The Labute approximate surface area is 178 Å². The highest BCUT2D eigenvalue weighted by molar-refractivity contribution is 6.03. The van der Waals surface area contributed by atoms with Crippen molar-refractivity contribution in [1.82, 2.24) is 14.4 Å². The summed E-state index contributed by atoms with van der Waals surface area (Å²) in [5.74, 6) is 0.257. The van der Waals surface area contributed by atoms with Crippen LogP contribution in [0.15, 0.2) is 36.7 Å². The number of hydrogen-bond donors (Lipinski definition) is 1. The number of fused-ring (bicyclic) bond motifs is 1. The standard InChI is InChI=1S/C22H24F2N4O3/c1-2-31-20-10-21-26-18(14-6-8-30-9-7-14)12-28(21)13-19(20)27-22(29)17-5-3-4-16(25-17)15(24)11-23/h3-5,10,12-15H,2,6-9,11H2,1H3,(H,27,29). The van der Waals surface area contributed by atoms with E-state index in [9.17, 15) is 13.6 Å². The molecule has 4 rings (SSSR count). The molecule has 1 aliphatic heterocycles. The lowest BCUT2D eigenvalue weighted by Gasteiger charge is -2.19. The van der Waals surface area contributed by atoms with Gasteiger partial charge in [0.05, 0.1) is 18.0 Å². The minimum atomic E-state index is -1.86. The third kappa shape index (κ3) is 4.66. The molecule has 9 heteroatoms.